The van der Waals surface area contributed by atoms with Gasteiger partial charge < -0.3 is 10.6 Å². The van der Waals surface area contributed by atoms with Gasteiger partial charge in [0.1, 0.15) is 12.1 Å². The molecule has 3 rings (SSSR count). The number of hydrogen-bond donors (Lipinski definition) is 2. The lowest BCUT2D eigenvalue weighted by Gasteiger charge is -2.35. The van der Waals surface area contributed by atoms with Crippen LogP contribution in [0, 0.1) is 11.8 Å². The quantitative estimate of drug-likeness (QED) is 0.624. The molecule has 2 N–H and O–H groups in total. The van der Waals surface area contributed by atoms with Crippen molar-refractivity contribution in [3.8, 4) is 0 Å². The van der Waals surface area contributed by atoms with Crippen LogP contribution in [-0.4, -0.2) is 52.8 Å². The molecule has 7 heteroatoms. The predicted molar refractivity (Wildman–Crippen MR) is 120 cm³/mol. The van der Waals surface area contributed by atoms with E-state index < -0.39 is 11.6 Å². The van der Waals surface area contributed by atoms with Gasteiger partial charge in [0.05, 0.1) is 0 Å². The van der Waals surface area contributed by atoms with E-state index in [9.17, 15) is 14.4 Å². The number of benzene rings is 1. The van der Waals surface area contributed by atoms with Crippen molar-refractivity contribution < 1.29 is 14.4 Å². The first-order chi connectivity index (χ1) is 14.8. The topological polar surface area (TPSA) is 81.8 Å². The second-order valence-electron chi connectivity index (χ2n) is 9.34. The van der Waals surface area contributed by atoms with Gasteiger partial charge in [-0.15, -0.1) is 0 Å². The van der Waals surface area contributed by atoms with Gasteiger partial charge in [0.2, 0.25) is 5.91 Å². The van der Waals surface area contributed by atoms with Gasteiger partial charge >= 0.3 is 6.03 Å². The average molecular weight is 429 g/mol. The van der Waals surface area contributed by atoms with Crippen molar-refractivity contribution in [3.63, 3.8) is 0 Å². The summed E-state index contributed by atoms with van der Waals surface area (Å²) in [5.41, 5.74) is 1.38. The number of amides is 4. The lowest BCUT2D eigenvalue weighted by atomic mass is 9.91. The van der Waals surface area contributed by atoms with Gasteiger partial charge in [-0.1, -0.05) is 52.0 Å². The Balaban J connectivity index is 1.48. The Labute approximate surface area is 185 Å². The molecule has 0 spiro atoms. The smallest absolute Gasteiger partial charge is 0.325 e. The molecule has 1 aromatic carbocycles. The molecule has 0 saturated carbocycles. The van der Waals surface area contributed by atoms with Gasteiger partial charge in [-0.3, -0.25) is 19.4 Å². The van der Waals surface area contributed by atoms with E-state index >= 15 is 0 Å². The standard InChI is InChI=1S/C24H36N4O3/c1-5-24(6-2)22(30)28(23(31)26-24)16-21(29)25-12-19-7-9-20(10-8-19)15-27-13-17(3)11-18(4)14-27/h7-10,17-18H,5-6,11-16H2,1-4H3,(H,25,29)(H,26,31)/t17-,18-/m1/s1. The molecule has 1 aromatic rings. The fourth-order valence-corrected chi connectivity index (χ4v) is 4.89. The highest BCUT2D eigenvalue weighted by Gasteiger charge is 2.49. The van der Waals surface area contributed by atoms with Crippen LogP contribution in [0.25, 0.3) is 0 Å². The van der Waals surface area contributed by atoms with Crippen molar-refractivity contribution in [2.24, 2.45) is 11.8 Å². The lowest BCUT2D eigenvalue weighted by molar-refractivity contribution is -0.135. The van der Waals surface area contributed by atoms with Gasteiger partial charge in [0.25, 0.3) is 5.91 Å². The van der Waals surface area contributed by atoms with Crippen molar-refractivity contribution in [2.75, 3.05) is 19.6 Å². The third-order valence-electron chi connectivity index (χ3n) is 6.62. The van der Waals surface area contributed by atoms with Crippen LogP contribution >= 0.6 is 0 Å². The van der Waals surface area contributed by atoms with Crippen LogP contribution in [0.2, 0.25) is 0 Å². The first kappa shape index (κ1) is 23.3. The number of rotatable bonds is 8. The number of likely N-dealkylation sites (tertiary alicyclic amines) is 1. The number of carbonyl (C=O) groups is 3. The molecule has 0 bridgehead atoms. The maximum atomic E-state index is 12.6. The molecule has 170 valence electrons. The van der Waals surface area contributed by atoms with E-state index in [1.54, 1.807) is 0 Å². The molecule has 2 aliphatic rings. The number of carbonyl (C=O) groups excluding carboxylic acids is 3. The molecule has 2 heterocycles. The summed E-state index contributed by atoms with van der Waals surface area (Å²) in [4.78, 5) is 40.7. The van der Waals surface area contributed by atoms with Crippen LogP contribution < -0.4 is 10.6 Å². The summed E-state index contributed by atoms with van der Waals surface area (Å²) in [7, 11) is 0. The minimum absolute atomic E-state index is 0.254. The highest BCUT2D eigenvalue weighted by molar-refractivity contribution is 6.08. The third-order valence-corrected chi connectivity index (χ3v) is 6.62. The van der Waals surface area contributed by atoms with Crippen LogP contribution in [0.4, 0.5) is 4.79 Å². The second kappa shape index (κ2) is 9.81. The van der Waals surface area contributed by atoms with Crippen molar-refractivity contribution in [1.29, 1.82) is 0 Å². The molecule has 7 nitrogen and oxygen atoms in total. The van der Waals surface area contributed by atoms with Crippen LogP contribution in [0.1, 0.15) is 58.1 Å². The molecule has 4 amide bonds. The monoisotopic (exact) mass is 428 g/mol. The van der Waals surface area contributed by atoms with Gasteiger partial charge in [-0.25, -0.2) is 4.79 Å². The molecule has 0 radical (unpaired) electrons. The molecule has 31 heavy (non-hydrogen) atoms. The maximum absolute atomic E-state index is 12.6. The summed E-state index contributed by atoms with van der Waals surface area (Å²) in [6.45, 7) is 11.7. The van der Waals surface area contributed by atoms with E-state index in [0.717, 1.165) is 41.9 Å². The van der Waals surface area contributed by atoms with Gasteiger partial charge in [0, 0.05) is 26.2 Å². The molecular formula is C24H36N4O3. The Hall–Kier alpha value is -2.41. The summed E-state index contributed by atoms with van der Waals surface area (Å²) < 4.78 is 0. The average Bonchev–Trinajstić information content (AvgIpc) is 2.97. The van der Waals surface area contributed by atoms with E-state index in [1.807, 2.05) is 26.0 Å². The van der Waals surface area contributed by atoms with E-state index in [2.05, 4.69) is 41.5 Å². The first-order valence-electron chi connectivity index (χ1n) is 11.5. The Morgan fingerprint density at radius 3 is 2.19 bits per heavy atom. The normalized spacial score (nSPS) is 23.7. The Bertz CT molecular complexity index is 794. The molecule has 2 aliphatic heterocycles. The van der Waals surface area contributed by atoms with E-state index in [0.29, 0.717) is 19.4 Å². The van der Waals surface area contributed by atoms with Crippen molar-refractivity contribution in [3.05, 3.63) is 35.4 Å². The first-order valence-corrected chi connectivity index (χ1v) is 11.5. The van der Waals surface area contributed by atoms with Crippen LogP contribution in [0.5, 0.6) is 0 Å². The zero-order valence-electron chi connectivity index (χ0n) is 19.2. The van der Waals surface area contributed by atoms with Crippen LogP contribution in [0.3, 0.4) is 0 Å². The Morgan fingerprint density at radius 1 is 1.06 bits per heavy atom. The highest BCUT2D eigenvalue weighted by atomic mass is 16.2. The minimum atomic E-state index is -0.878. The molecule has 2 fully saturated rings. The summed E-state index contributed by atoms with van der Waals surface area (Å²) in [5.74, 6) is 0.820. The molecule has 0 aliphatic carbocycles. The van der Waals surface area contributed by atoms with Gasteiger partial charge in [0.15, 0.2) is 0 Å². The van der Waals surface area contributed by atoms with Gasteiger partial charge in [-0.05, 0) is 42.2 Å². The van der Waals surface area contributed by atoms with Crippen molar-refractivity contribution >= 4 is 17.8 Å². The highest BCUT2D eigenvalue weighted by Crippen LogP contribution is 2.25. The van der Waals surface area contributed by atoms with Crippen molar-refractivity contribution in [1.82, 2.24) is 20.4 Å². The zero-order valence-corrected chi connectivity index (χ0v) is 19.2. The Morgan fingerprint density at radius 2 is 1.65 bits per heavy atom. The third kappa shape index (κ3) is 5.45. The number of imide groups is 1. The zero-order chi connectivity index (χ0) is 22.6. The summed E-state index contributed by atoms with van der Waals surface area (Å²) >= 11 is 0. The van der Waals surface area contributed by atoms with Gasteiger partial charge in [-0.2, -0.15) is 0 Å². The summed E-state index contributed by atoms with van der Waals surface area (Å²) in [5, 5.41) is 5.56. The second-order valence-corrected chi connectivity index (χ2v) is 9.34. The lowest BCUT2D eigenvalue weighted by Crippen LogP contribution is -2.46. The predicted octanol–water partition coefficient (Wildman–Crippen LogP) is 2.89. The fourth-order valence-electron chi connectivity index (χ4n) is 4.89. The number of nitrogens with zero attached hydrogens (tertiary/aromatic N) is 2. The van der Waals surface area contributed by atoms with Crippen LogP contribution in [0.15, 0.2) is 24.3 Å². The largest absolute Gasteiger partial charge is 0.350 e. The fraction of sp³-hybridized carbons (Fsp3) is 0.625. The molecule has 0 unspecified atom stereocenters. The molecule has 2 saturated heterocycles. The molecular weight excluding hydrogens is 392 g/mol. The van der Waals surface area contributed by atoms with E-state index in [4.69, 9.17) is 0 Å². The number of piperidine rings is 1. The maximum Gasteiger partial charge on any atom is 0.325 e. The SMILES string of the molecule is CCC1(CC)NC(=O)N(CC(=O)NCc2ccc(CN3C[C@H](C)C[C@@H](C)C3)cc2)C1=O. The number of hydrogen-bond acceptors (Lipinski definition) is 4. The molecule has 2 atom stereocenters. The summed E-state index contributed by atoms with van der Waals surface area (Å²) in [6, 6.07) is 7.78. The molecule has 0 aromatic heterocycles. The number of nitrogens with one attached hydrogen (secondary N) is 2. The number of urea groups is 1. The summed E-state index contributed by atoms with van der Waals surface area (Å²) in [6.07, 6.45) is 2.32. The Kier molecular flexibility index (Phi) is 7.36. The minimum Gasteiger partial charge on any atom is -0.350 e. The van der Waals surface area contributed by atoms with E-state index in [1.165, 1.54) is 12.0 Å². The van der Waals surface area contributed by atoms with E-state index in [-0.39, 0.29) is 18.4 Å². The van der Waals surface area contributed by atoms with Crippen LogP contribution in [-0.2, 0) is 22.7 Å². The van der Waals surface area contributed by atoms with Crippen molar-refractivity contribution in [2.45, 2.75) is 65.6 Å².